The largest absolute Gasteiger partial charge is 0.480 e. The molecule has 0 radical (unpaired) electrons. The van der Waals surface area contributed by atoms with Gasteiger partial charge in [-0.15, -0.1) is 0 Å². The third kappa shape index (κ3) is 3.47. The van der Waals surface area contributed by atoms with Crippen LogP contribution in [0.3, 0.4) is 0 Å². The number of amides is 1. The maximum Gasteiger partial charge on any atom is 0.321 e. The van der Waals surface area contributed by atoms with Crippen molar-refractivity contribution in [1.82, 2.24) is 5.32 Å². The number of nitrogens with one attached hydrogen (secondary N) is 2. The zero-order valence-corrected chi connectivity index (χ0v) is 19.6. The Morgan fingerprint density at radius 2 is 2.00 bits per heavy atom. The summed E-state index contributed by atoms with van der Waals surface area (Å²) in [5.74, 6) is -3.16. The van der Waals surface area contributed by atoms with Crippen LogP contribution < -0.4 is 10.6 Å². The van der Waals surface area contributed by atoms with Crippen molar-refractivity contribution >= 4 is 45.1 Å². The van der Waals surface area contributed by atoms with Gasteiger partial charge in [0.05, 0.1) is 5.02 Å². The Balaban J connectivity index is 2.04. The molecule has 0 saturated carbocycles. The summed E-state index contributed by atoms with van der Waals surface area (Å²) < 4.78 is 16.0. The quantitative estimate of drug-likeness (QED) is 0.539. The molecule has 1 spiro atoms. The van der Waals surface area contributed by atoms with Gasteiger partial charge < -0.3 is 10.4 Å². The summed E-state index contributed by atoms with van der Waals surface area (Å²) in [5.41, 5.74) is -0.143. The van der Waals surface area contributed by atoms with Crippen LogP contribution in [0.5, 0.6) is 0 Å². The molecule has 2 aromatic rings. The van der Waals surface area contributed by atoms with Crippen LogP contribution in [0.1, 0.15) is 44.2 Å². The van der Waals surface area contributed by atoms with Gasteiger partial charge >= 0.3 is 5.97 Å². The van der Waals surface area contributed by atoms with Crippen molar-refractivity contribution < 1.29 is 19.1 Å². The van der Waals surface area contributed by atoms with Crippen molar-refractivity contribution in [3.05, 3.63) is 62.8 Å². The van der Waals surface area contributed by atoms with E-state index in [1.165, 1.54) is 12.1 Å². The molecule has 4 atom stereocenters. The third-order valence-corrected chi connectivity index (χ3v) is 6.99. The third-order valence-electron chi connectivity index (χ3n) is 6.20. The Kier molecular flexibility index (Phi) is 5.43. The van der Waals surface area contributed by atoms with Gasteiger partial charge in [-0.2, -0.15) is 0 Å². The number of rotatable bonds is 3. The lowest BCUT2D eigenvalue weighted by atomic mass is 9.62. The predicted octanol–water partition coefficient (Wildman–Crippen LogP) is 5.08. The highest BCUT2D eigenvalue weighted by molar-refractivity contribution is 9.10. The average Bonchev–Trinajstić information content (AvgIpc) is 3.12. The van der Waals surface area contributed by atoms with E-state index in [-0.39, 0.29) is 21.9 Å². The van der Waals surface area contributed by atoms with Crippen LogP contribution in [0, 0.1) is 11.2 Å². The molecule has 8 heteroatoms. The standard InChI is InChI=1S/C23H23BrClFN2O3/c1-22(2,3)10-16-23(13-8-7-11(24)9-15(13)27-21(23)31)17(19(28-16)20(29)30)12-5-4-6-14(25)18(12)26/h4-9,16-17,19,28H,10H2,1-3H3,(H,27,31)(H,29,30)/t16-,17-,19-,23+/m0/s1. The van der Waals surface area contributed by atoms with E-state index in [1.54, 1.807) is 12.1 Å². The number of halogens is 3. The summed E-state index contributed by atoms with van der Waals surface area (Å²) in [6, 6.07) is 8.24. The van der Waals surface area contributed by atoms with Crippen LogP contribution in [-0.2, 0) is 15.0 Å². The van der Waals surface area contributed by atoms with Crippen molar-refractivity contribution in [3.63, 3.8) is 0 Å². The van der Waals surface area contributed by atoms with Crippen LogP contribution in [0.2, 0.25) is 5.02 Å². The molecular formula is C23H23BrClFN2O3. The molecule has 2 aliphatic rings. The van der Waals surface area contributed by atoms with Gasteiger partial charge in [0.1, 0.15) is 17.3 Å². The molecule has 1 amide bonds. The summed E-state index contributed by atoms with van der Waals surface area (Å²) in [6.07, 6.45) is 0.512. The fraction of sp³-hybridized carbons (Fsp3) is 0.391. The van der Waals surface area contributed by atoms with Gasteiger partial charge in [0.2, 0.25) is 5.91 Å². The zero-order chi connectivity index (χ0) is 22.7. The number of carbonyl (C=O) groups is 2. The highest BCUT2D eigenvalue weighted by atomic mass is 79.9. The molecule has 2 heterocycles. The minimum atomic E-state index is -1.31. The Morgan fingerprint density at radius 1 is 1.29 bits per heavy atom. The van der Waals surface area contributed by atoms with Crippen molar-refractivity contribution in [2.24, 2.45) is 5.41 Å². The van der Waals surface area contributed by atoms with Gasteiger partial charge in [-0.25, -0.2) is 4.39 Å². The SMILES string of the molecule is CC(C)(C)C[C@@H]1N[C@H](C(=O)O)[C@H](c2cccc(Cl)c2F)[C@]12C(=O)Nc1cc(Br)ccc12. The van der Waals surface area contributed by atoms with Crippen molar-refractivity contribution in [1.29, 1.82) is 0 Å². The summed E-state index contributed by atoms with van der Waals surface area (Å²) in [5, 5.41) is 16.1. The predicted molar refractivity (Wildman–Crippen MR) is 121 cm³/mol. The van der Waals surface area contributed by atoms with Crippen LogP contribution >= 0.6 is 27.5 Å². The van der Waals surface area contributed by atoms with Crippen LogP contribution in [-0.4, -0.2) is 29.1 Å². The maximum absolute atomic E-state index is 15.3. The molecule has 5 nitrogen and oxygen atoms in total. The minimum absolute atomic E-state index is 0.106. The number of carboxylic acids is 1. The molecule has 1 fully saturated rings. The van der Waals surface area contributed by atoms with E-state index in [9.17, 15) is 14.7 Å². The Morgan fingerprint density at radius 3 is 2.65 bits per heavy atom. The molecule has 4 rings (SSSR count). The summed E-state index contributed by atoms with van der Waals surface area (Å²) >= 11 is 9.49. The molecule has 2 aliphatic heterocycles. The number of aliphatic carboxylic acids is 1. The second kappa shape index (κ2) is 7.57. The van der Waals surface area contributed by atoms with Gasteiger partial charge in [0.25, 0.3) is 0 Å². The number of hydrogen-bond acceptors (Lipinski definition) is 3. The normalized spacial score (nSPS) is 27.4. The smallest absolute Gasteiger partial charge is 0.321 e. The number of anilines is 1. The Hall–Kier alpha value is -1.96. The molecule has 1 saturated heterocycles. The maximum atomic E-state index is 15.3. The van der Waals surface area contributed by atoms with Crippen molar-refractivity contribution in [3.8, 4) is 0 Å². The van der Waals surface area contributed by atoms with Crippen LogP contribution in [0.15, 0.2) is 40.9 Å². The van der Waals surface area contributed by atoms with E-state index in [2.05, 4.69) is 26.6 Å². The van der Waals surface area contributed by atoms with Crippen molar-refractivity contribution in [2.75, 3.05) is 5.32 Å². The second-order valence-electron chi connectivity index (χ2n) is 9.43. The molecule has 0 bridgehead atoms. The van der Waals surface area contributed by atoms with Gasteiger partial charge in [-0.3, -0.25) is 14.9 Å². The van der Waals surface area contributed by atoms with Gasteiger partial charge in [0, 0.05) is 22.1 Å². The summed E-state index contributed by atoms with van der Waals surface area (Å²) in [6.45, 7) is 6.09. The molecule has 164 valence electrons. The molecule has 0 aliphatic carbocycles. The first kappa shape index (κ1) is 22.2. The lowest BCUT2D eigenvalue weighted by Crippen LogP contribution is -2.49. The molecule has 0 aromatic heterocycles. The minimum Gasteiger partial charge on any atom is -0.480 e. The molecule has 0 unspecified atom stereocenters. The lowest BCUT2D eigenvalue weighted by Gasteiger charge is -2.37. The Labute approximate surface area is 193 Å². The van der Waals surface area contributed by atoms with Gasteiger partial charge in [-0.05, 0) is 41.2 Å². The van der Waals surface area contributed by atoms with E-state index >= 15 is 4.39 Å². The monoisotopic (exact) mass is 508 g/mol. The van der Waals surface area contributed by atoms with E-state index in [1.807, 2.05) is 32.9 Å². The molecule has 31 heavy (non-hydrogen) atoms. The fourth-order valence-corrected chi connectivity index (χ4v) is 5.68. The number of benzene rings is 2. The van der Waals surface area contributed by atoms with Crippen molar-refractivity contribution in [2.45, 2.75) is 50.6 Å². The first-order valence-electron chi connectivity index (χ1n) is 10.0. The second-order valence-corrected chi connectivity index (χ2v) is 10.8. The molecule has 3 N–H and O–H groups in total. The van der Waals surface area contributed by atoms with E-state index in [0.717, 1.165) is 4.47 Å². The highest BCUT2D eigenvalue weighted by Crippen LogP contribution is 2.57. The first-order chi connectivity index (χ1) is 14.5. The Bertz CT molecular complexity index is 1090. The number of carboxylic acid groups (broad SMARTS) is 1. The first-order valence-corrected chi connectivity index (χ1v) is 11.2. The zero-order valence-electron chi connectivity index (χ0n) is 17.3. The van der Waals surface area contributed by atoms with Crippen LogP contribution in [0.25, 0.3) is 0 Å². The number of fused-ring (bicyclic) bond motifs is 2. The van der Waals surface area contributed by atoms with E-state index < -0.39 is 35.2 Å². The van der Waals surface area contributed by atoms with E-state index in [0.29, 0.717) is 17.7 Å². The van der Waals surface area contributed by atoms with E-state index in [4.69, 9.17) is 11.6 Å². The summed E-state index contributed by atoms with van der Waals surface area (Å²) in [4.78, 5) is 26.0. The highest BCUT2D eigenvalue weighted by Gasteiger charge is 2.66. The van der Waals surface area contributed by atoms with Gasteiger partial charge in [0.15, 0.2) is 0 Å². The topological polar surface area (TPSA) is 78.4 Å². The molecule has 2 aromatic carbocycles. The number of carbonyl (C=O) groups excluding carboxylic acids is 1. The molecular weight excluding hydrogens is 487 g/mol. The van der Waals surface area contributed by atoms with Gasteiger partial charge in [-0.1, -0.05) is 66.5 Å². The lowest BCUT2D eigenvalue weighted by molar-refractivity contribution is -0.139. The summed E-state index contributed by atoms with van der Waals surface area (Å²) in [7, 11) is 0. The average molecular weight is 510 g/mol. The fourth-order valence-electron chi connectivity index (χ4n) is 5.14. The van der Waals surface area contributed by atoms with Crippen LogP contribution in [0.4, 0.5) is 10.1 Å². The number of hydrogen-bond donors (Lipinski definition) is 3.